The number of allylic oxidation sites excluding steroid dienone is 1. The number of nitrogens with one attached hydrogen (secondary N) is 1. The van der Waals surface area contributed by atoms with E-state index in [4.69, 9.17) is 0 Å². The Morgan fingerprint density at radius 3 is 2.25 bits per heavy atom. The molecule has 2 rings (SSSR count). The number of nitrogens with zero attached hydrogens (tertiary/aromatic N) is 1. The van der Waals surface area contributed by atoms with Gasteiger partial charge in [0.05, 0.1) is 0 Å². The molecule has 1 atom stereocenters. The first-order valence-corrected chi connectivity index (χ1v) is 8.22. The molecule has 1 aliphatic heterocycles. The molecule has 1 saturated heterocycles. The van der Waals surface area contributed by atoms with Gasteiger partial charge in [-0.05, 0) is 42.3 Å². The van der Waals surface area contributed by atoms with Crippen molar-refractivity contribution in [1.82, 2.24) is 10.2 Å². The number of alkyl halides is 3. The summed E-state index contributed by atoms with van der Waals surface area (Å²) in [6.07, 6.45) is 3.73. The number of hydrogen-bond donors (Lipinski definition) is 1. The predicted molar refractivity (Wildman–Crippen MR) is 99.5 cm³/mol. The zero-order valence-corrected chi connectivity index (χ0v) is 15.7. The van der Waals surface area contributed by atoms with Crippen molar-refractivity contribution in [2.75, 3.05) is 26.2 Å². The van der Waals surface area contributed by atoms with Gasteiger partial charge in [-0.2, -0.15) is 13.2 Å². The van der Waals surface area contributed by atoms with E-state index in [1.807, 2.05) is 18.2 Å². The first kappa shape index (κ1) is 23.6. The van der Waals surface area contributed by atoms with Crippen molar-refractivity contribution in [3.63, 3.8) is 0 Å². The quantitative estimate of drug-likeness (QED) is 0.528. The van der Waals surface area contributed by atoms with E-state index in [-0.39, 0.29) is 47.5 Å². The van der Waals surface area contributed by atoms with Crippen LogP contribution in [0.15, 0.2) is 41.8 Å². The molecule has 0 aromatic heterocycles. The molecular weight excluding hydrogens is 380 g/mol. The summed E-state index contributed by atoms with van der Waals surface area (Å²) in [6.45, 7) is 7.59. The van der Waals surface area contributed by atoms with Gasteiger partial charge in [-0.15, -0.1) is 31.4 Å². The number of thioether (sulfide) groups is 1. The third-order valence-corrected chi connectivity index (χ3v) is 4.47. The third kappa shape index (κ3) is 7.66. The summed E-state index contributed by atoms with van der Waals surface area (Å²) in [5.41, 5.74) is -3.15. The average molecular weight is 403 g/mol. The fourth-order valence-electron chi connectivity index (χ4n) is 2.72. The fraction of sp³-hybridized carbons (Fsp3) is 0.500. The minimum Gasteiger partial charge on any atom is -0.314 e. The number of benzene rings is 1. The molecule has 2 nitrogen and oxygen atoms in total. The Labute approximate surface area is 158 Å². The van der Waals surface area contributed by atoms with Crippen molar-refractivity contribution in [2.45, 2.75) is 29.3 Å². The second kappa shape index (κ2) is 11.3. The molecule has 0 radical (unpaired) electrons. The molecule has 0 saturated carbocycles. The zero-order chi connectivity index (χ0) is 16.0. The summed E-state index contributed by atoms with van der Waals surface area (Å²) in [5.74, 6) is 0. The number of piperazine rings is 1. The van der Waals surface area contributed by atoms with E-state index in [9.17, 15) is 13.2 Å². The van der Waals surface area contributed by atoms with E-state index in [0.717, 1.165) is 44.6 Å². The largest absolute Gasteiger partial charge is 0.446 e. The van der Waals surface area contributed by atoms with Crippen LogP contribution < -0.4 is 5.32 Å². The van der Waals surface area contributed by atoms with Gasteiger partial charge in [-0.25, -0.2) is 0 Å². The summed E-state index contributed by atoms with van der Waals surface area (Å²) in [6, 6.07) is 7.02. The molecule has 1 aliphatic rings. The highest BCUT2D eigenvalue weighted by Crippen LogP contribution is 2.37. The highest BCUT2D eigenvalue weighted by molar-refractivity contribution is 8.00. The SMILES string of the molecule is C=CCC[C@H](c1ccc(SC(F)(F)F)cc1)N1CCNCC1.Cl.Cl. The average Bonchev–Trinajstić information content (AvgIpc) is 2.49. The van der Waals surface area contributed by atoms with Crippen molar-refractivity contribution in [3.05, 3.63) is 42.5 Å². The lowest BCUT2D eigenvalue weighted by molar-refractivity contribution is -0.0328. The monoisotopic (exact) mass is 402 g/mol. The Balaban J connectivity index is 0.00000264. The molecular formula is C16H23Cl2F3N2S. The van der Waals surface area contributed by atoms with Crippen molar-refractivity contribution in [3.8, 4) is 0 Å². The summed E-state index contributed by atoms with van der Waals surface area (Å²) in [5, 5.41) is 3.32. The van der Waals surface area contributed by atoms with E-state index in [0.29, 0.717) is 0 Å². The van der Waals surface area contributed by atoms with Gasteiger partial charge < -0.3 is 5.32 Å². The third-order valence-electron chi connectivity index (χ3n) is 3.74. The van der Waals surface area contributed by atoms with Crippen LogP contribution in [0.2, 0.25) is 0 Å². The molecule has 0 spiro atoms. The lowest BCUT2D eigenvalue weighted by Gasteiger charge is -2.35. The van der Waals surface area contributed by atoms with Crippen LogP contribution >= 0.6 is 36.6 Å². The van der Waals surface area contributed by atoms with Crippen LogP contribution in [-0.2, 0) is 0 Å². The number of rotatable bonds is 6. The normalized spacial score (nSPS) is 16.6. The summed E-state index contributed by atoms with van der Waals surface area (Å²) < 4.78 is 37.2. The Bertz CT molecular complexity index is 477. The van der Waals surface area contributed by atoms with Gasteiger partial charge in [0.1, 0.15) is 0 Å². The fourth-order valence-corrected chi connectivity index (χ4v) is 3.26. The molecule has 0 aliphatic carbocycles. The predicted octanol–water partition coefficient (Wildman–Crippen LogP) is 5.05. The zero-order valence-electron chi connectivity index (χ0n) is 13.2. The Hall–Kier alpha value is -0.400. The summed E-state index contributed by atoms with van der Waals surface area (Å²) >= 11 is -0.0652. The highest BCUT2D eigenvalue weighted by atomic mass is 35.5. The Kier molecular flexibility index (Phi) is 11.1. The summed E-state index contributed by atoms with van der Waals surface area (Å²) in [7, 11) is 0. The first-order valence-electron chi connectivity index (χ1n) is 7.41. The molecule has 1 aromatic rings. The van der Waals surface area contributed by atoms with Crippen molar-refractivity contribution in [2.24, 2.45) is 0 Å². The minimum absolute atomic E-state index is 0. The molecule has 1 heterocycles. The number of halogens is 5. The van der Waals surface area contributed by atoms with Gasteiger partial charge >= 0.3 is 5.51 Å². The summed E-state index contributed by atoms with van der Waals surface area (Å²) in [4.78, 5) is 2.63. The van der Waals surface area contributed by atoms with E-state index in [1.165, 1.54) is 0 Å². The van der Waals surface area contributed by atoms with Crippen LogP contribution in [0, 0.1) is 0 Å². The standard InChI is InChI=1S/C16H21F3N2S.2ClH/c1-2-3-4-15(21-11-9-20-10-12-21)13-5-7-14(8-6-13)22-16(17,18)19;;/h2,5-8,15,20H,1,3-4,9-12H2;2*1H/t15-;;/m1../s1. The molecule has 8 heteroatoms. The molecule has 0 unspecified atom stereocenters. The molecule has 1 aromatic carbocycles. The van der Waals surface area contributed by atoms with Gasteiger partial charge in [0.25, 0.3) is 0 Å². The van der Waals surface area contributed by atoms with Gasteiger partial charge in [0.15, 0.2) is 0 Å². The van der Waals surface area contributed by atoms with Crippen molar-refractivity contribution in [1.29, 1.82) is 0 Å². The number of hydrogen-bond acceptors (Lipinski definition) is 3. The van der Waals surface area contributed by atoms with E-state index < -0.39 is 5.51 Å². The van der Waals surface area contributed by atoms with E-state index >= 15 is 0 Å². The van der Waals surface area contributed by atoms with Crippen LogP contribution in [0.25, 0.3) is 0 Å². The topological polar surface area (TPSA) is 15.3 Å². The second-order valence-corrected chi connectivity index (χ2v) is 6.42. The molecule has 0 amide bonds. The Morgan fingerprint density at radius 1 is 1.17 bits per heavy atom. The molecule has 1 N–H and O–H groups in total. The smallest absolute Gasteiger partial charge is 0.314 e. The molecule has 1 fully saturated rings. The molecule has 0 bridgehead atoms. The van der Waals surface area contributed by atoms with Crippen LogP contribution in [-0.4, -0.2) is 36.6 Å². The highest BCUT2D eigenvalue weighted by Gasteiger charge is 2.29. The van der Waals surface area contributed by atoms with Gasteiger partial charge in [-0.3, -0.25) is 4.90 Å². The van der Waals surface area contributed by atoms with Gasteiger partial charge in [0.2, 0.25) is 0 Å². The van der Waals surface area contributed by atoms with Crippen LogP contribution in [0.4, 0.5) is 13.2 Å². The van der Waals surface area contributed by atoms with Gasteiger partial charge in [0, 0.05) is 37.1 Å². The van der Waals surface area contributed by atoms with Crippen LogP contribution in [0.3, 0.4) is 0 Å². The maximum Gasteiger partial charge on any atom is 0.446 e. The Morgan fingerprint density at radius 2 is 1.75 bits per heavy atom. The van der Waals surface area contributed by atoms with Crippen LogP contribution in [0.5, 0.6) is 0 Å². The van der Waals surface area contributed by atoms with Crippen molar-refractivity contribution >= 4 is 36.6 Å². The molecule has 24 heavy (non-hydrogen) atoms. The molecule has 138 valence electrons. The van der Waals surface area contributed by atoms with Crippen molar-refractivity contribution < 1.29 is 13.2 Å². The lowest BCUT2D eigenvalue weighted by Crippen LogP contribution is -2.45. The van der Waals surface area contributed by atoms with Crippen LogP contribution in [0.1, 0.15) is 24.4 Å². The minimum atomic E-state index is -4.23. The maximum atomic E-state index is 12.4. The second-order valence-electron chi connectivity index (χ2n) is 5.28. The first-order chi connectivity index (χ1) is 10.5. The lowest BCUT2D eigenvalue weighted by atomic mass is 9.99. The maximum absolute atomic E-state index is 12.4. The van der Waals surface area contributed by atoms with E-state index in [1.54, 1.807) is 12.1 Å². The van der Waals surface area contributed by atoms with E-state index in [2.05, 4.69) is 16.8 Å². The van der Waals surface area contributed by atoms with Gasteiger partial charge in [-0.1, -0.05) is 18.2 Å².